The Hall–Kier alpha value is -1.28. The van der Waals surface area contributed by atoms with E-state index in [2.05, 4.69) is 50.1 Å². The lowest BCUT2D eigenvalue weighted by Crippen LogP contribution is -2.44. The Morgan fingerprint density at radius 3 is 2.71 bits per heavy atom. The van der Waals surface area contributed by atoms with Gasteiger partial charge in [-0.3, -0.25) is 0 Å². The lowest BCUT2D eigenvalue weighted by Gasteiger charge is -2.31. The van der Waals surface area contributed by atoms with E-state index in [0.717, 1.165) is 13.0 Å². The van der Waals surface area contributed by atoms with Crippen molar-refractivity contribution in [1.29, 1.82) is 0 Å². The number of hydrogen-bond donors (Lipinski definition) is 2. The predicted molar refractivity (Wildman–Crippen MR) is 72.4 cm³/mol. The van der Waals surface area contributed by atoms with Gasteiger partial charge in [-0.05, 0) is 56.9 Å². The van der Waals surface area contributed by atoms with Crippen molar-refractivity contribution >= 4 is 10.9 Å². The van der Waals surface area contributed by atoms with Crippen LogP contribution in [0.2, 0.25) is 0 Å². The highest BCUT2D eigenvalue weighted by Gasteiger charge is 2.27. The molecule has 17 heavy (non-hydrogen) atoms. The van der Waals surface area contributed by atoms with Crippen LogP contribution in [0.1, 0.15) is 36.2 Å². The molecule has 0 fully saturated rings. The summed E-state index contributed by atoms with van der Waals surface area (Å²) < 4.78 is 0. The Kier molecular flexibility index (Phi) is 2.14. The normalized spacial score (nSPS) is 18.4. The maximum absolute atomic E-state index is 3.58. The fourth-order valence-electron chi connectivity index (χ4n) is 3.03. The Labute approximate surface area is 102 Å². The van der Waals surface area contributed by atoms with Gasteiger partial charge >= 0.3 is 0 Å². The van der Waals surface area contributed by atoms with Gasteiger partial charge in [0.1, 0.15) is 0 Å². The lowest BCUT2D eigenvalue weighted by atomic mass is 9.88. The highest BCUT2D eigenvalue weighted by atomic mass is 15.0. The smallest absolute Gasteiger partial charge is 0.0464 e. The van der Waals surface area contributed by atoms with Crippen molar-refractivity contribution in [1.82, 2.24) is 10.3 Å². The van der Waals surface area contributed by atoms with Crippen molar-refractivity contribution in [2.24, 2.45) is 0 Å². The molecule has 2 heterocycles. The van der Waals surface area contributed by atoms with E-state index < -0.39 is 0 Å². The highest BCUT2D eigenvalue weighted by molar-refractivity contribution is 5.88. The molecular weight excluding hydrogens is 208 g/mol. The predicted octanol–water partition coefficient (Wildman–Crippen LogP) is 3.21. The molecule has 1 aromatic carbocycles. The van der Waals surface area contributed by atoms with Crippen LogP contribution in [0.25, 0.3) is 10.9 Å². The fraction of sp³-hybridized carbons (Fsp3) is 0.467. The van der Waals surface area contributed by atoms with Gasteiger partial charge in [-0.25, -0.2) is 0 Å². The van der Waals surface area contributed by atoms with E-state index in [9.17, 15) is 0 Å². The molecule has 2 heteroatoms. The average molecular weight is 228 g/mol. The molecule has 0 atom stereocenters. The van der Waals surface area contributed by atoms with Crippen molar-refractivity contribution < 1.29 is 0 Å². The summed E-state index contributed by atoms with van der Waals surface area (Å²) in [5.74, 6) is 0. The van der Waals surface area contributed by atoms with Gasteiger partial charge < -0.3 is 10.3 Å². The Bertz CT molecular complexity index is 590. The Morgan fingerprint density at radius 2 is 1.94 bits per heavy atom. The molecule has 0 amide bonds. The summed E-state index contributed by atoms with van der Waals surface area (Å²) in [5.41, 5.74) is 7.12. The first-order valence-corrected chi connectivity index (χ1v) is 6.32. The minimum absolute atomic E-state index is 0.208. The van der Waals surface area contributed by atoms with Gasteiger partial charge in [0.15, 0.2) is 0 Å². The molecule has 3 rings (SSSR count). The second-order valence-electron chi connectivity index (χ2n) is 6.00. The van der Waals surface area contributed by atoms with Crippen LogP contribution in [-0.4, -0.2) is 10.5 Å². The number of hydrogen-bond acceptors (Lipinski definition) is 1. The molecule has 90 valence electrons. The third-order valence-corrected chi connectivity index (χ3v) is 3.79. The van der Waals surface area contributed by atoms with Gasteiger partial charge in [0.2, 0.25) is 0 Å². The van der Waals surface area contributed by atoms with E-state index >= 15 is 0 Å². The van der Waals surface area contributed by atoms with Gasteiger partial charge in [0, 0.05) is 28.7 Å². The van der Waals surface area contributed by atoms with Crippen molar-refractivity contribution in [3.63, 3.8) is 0 Å². The second kappa shape index (κ2) is 3.36. The first kappa shape index (κ1) is 10.8. The number of rotatable bonds is 0. The Morgan fingerprint density at radius 1 is 1.18 bits per heavy atom. The third-order valence-electron chi connectivity index (χ3n) is 3.79. The molecule has 0 spiro atoms. The summed E-state index contributed by atoms with van der Waals surface area (Å²) in [7, 11) is 0. The quantitative estimate of drug-likeness (QED) is 0.712. The zero-order valence-electron chi connectivity index (χ0n) is 11.1. The average Bonchev–Trinajstić information content (AvgIpc) is 2.53. The van der Waals surface area contributed by atoms with Gasteiger partial charge in [-0.2, -0.15) is 0 Å². The van der Waals surface area contributed by atoms with E-state index in [0.29, 0.717) is 0 Å². The summed E-state index contributed by atoms with van der Waals surface area (Å²) in [6, 6.07) is 4.54. The van der Waals surface area contributed by atoms with Crippen LogP contribution in [0.5, 0.6) is 0 Å². The van der Waals surface area contributed by atoms with Gasteiger partial charge in [-0.1, -0.05) is 6.07 Å². The maximum atomic E-state index is 3.58. The van der Waals surface area contributed by atoms with E-state index in [1.807, 2.05) is 0 Å². The minimum Gasteiger partial charge on any atom is -0.357 e. The summed E-state index contributed by atoms with van der Waals surface area (Å²) in [4.78, 5) is 3.57. The molecule has 1 aromatic heterocycles. The zero-order valence-corrected chi connectivity index (χ0v) is 11.1. The zero-order chi connectivity index (χ0) is 12.2. The molecule has 1 aliphatic heterocycles. The first-order valence-electron chi connectivity index (χ1n) is 6.32. The van der Waals surface area contributed by atoms with E-state index in [1.54, 1.807) is 0 Å². The summed E-state index contributed by atoms with van der Waals surface area (Å²) in [6.45, 7) is 9.89. The largest absolute Gasteiger partial charge is 0.357 e. The number of benzene rings is 1. The number of aryl methyl sites for hydroxylation is 2. The van der Waals surface area contributed by atoms with Crippen LogP contribution in [0.15, 0.2) is 12.1 Å². The number of nitrogens with one attached hydrogen (secondary N) is 2. The maximum Gasteiger partial charge on any atom is 0.0464 e. The number of aromatic nitrogens is 1. The number of fused-ring (bicyclic) bond motifs is 3. The molecule has 0 aliphatic carbocycles. The third kappa shape index (κ3) is 1.67. The number of H-pyrrole nitrogens is 1. The van der Waals surface area contributed by atoms with Gasteiger partial charge in [0.05, 0.1) is 0 Å². The SMILES string of the molecule is Cc1cc(C)c2c3c([nH]c2c1)CNC(C)(C)C3. The van der Waals surface area contributed by atoms with Gasteiger partial charge in [-0.15, -0.1) is 0 Å². The molecule has 0 saturated heterocycles. The standard InChI is InChI=1S/C15H20N2/c1-9-5-10(2)14-11-7-15(3,4)16-8-13(11)17-12(14)6-9/h5-6,16-17H,7-8H2,1-4H3. The summed E-state index contributed by atoms with van der Waals surface area (Å²) in [5, 5.41) is 5.02. The highest BCUT2D eigenvalue weighted by Crippen LogP contribution is 2.32. The van der Waals surface area contributed by atoms with Crippen LogP contribution >= 0.6 is 0 Å². The summed E-state index contributed by atoms with van der Waals surface area (Å²) >= 11 is 0. The Balaban J connectivity index is 2.28. The molecule has 0 unspecified atom stereocenters. The molecule has 2 nitrogen and oxygen atoms in total. The minimum atomic E-state index is 0.208. The topological polar surface area (TPSA) is 27.8 Å². The van der Waals surface area contributed by atoms with Crippen LogP contribution in [-0.2, 0) is 13.0 Å². The van der Waals surface area contributed by atoms with Gasteiger partial charge in [0.25, 0.3) is 0 Å². The molecular formula is C15H20N2. The van der Waals surface area contributed by atoms with E-state index in [1.165, 1.54) is 33.3 Å². The molecule has 1 aliphatic rings. The van der Waals surface area contributed by atoms with Crippen LogP contribution < -0.4 is 5.32 Å². The molecule has 0 bridgehead atoms. The molecule has 0 radical (unpaired) electrons. The van der Waals surface area contributed by atoms with Crippen molar-refractivity contribution in [3.8, 4) is 0 Å². The molecule has 0 saturated carbocycles. The summed E-state index contributed by atoms with van der Waals surface area (Å²) in [6.07, 6.45) is 1.10. The van der Waals surface area contributed by atoms with Crippen LogP contribution in [0.3, 0.4) is 0 Å². The lowest BCUT2D eigenvalue weighted by molar-refractivity contribution is 0.361. The van der Waals surface area contributed by atoms with E-state index in [-0.39, 0.29) is 5.54 Å². The monoisotopic (exact) mass is 228 g/mol. The first-order chi connectivity index (χ1) is 7.96. The van der Waals surface area contributed by atoms with Crippen LogP contribution in [0, 0.1) is 13.8 Å². The second-order valence-corrected chi connectivity index (χ2v) is 6.00. The molecule has 2 N–H and O–H groups in total. The number of aromatic amines is 1. The van der Waals surface area contributed by atoms with Crippen molar-refractivity contribution in [2.75, 3.05) is 0 Å². The van der Waals surface area contributed by atoms with Crippen molar-refractivity contribution in [2.45, 2.75) is 46.2 Å². The van der Waals surface area contributed by atoms with Crippen LogP contribution in [0.4, 0.5) is 0 Å². The van der Waals surface area contributed by atoms with E-state index in [4.69, 9.17) is 0 Å². The van der Waals surface area contributed by atoms with Crippen molar-refractivity contribution in [3.05, 3.63) is 34.5 Å². The fourth-order valence-corrected chi connectivity index (χ4v) is 3.03. The molecule has 2 aromatic rings.